The number of aromatic amines is 1. The lowest BCUT2D eigenvalue weighted by Crippen LogP contribution is -2.62. The van der Waals surface area contributed by atoms with E-state index in [0.29, 0.717) is 17.9 Å². The van der Waals surface area contributed by atoms with Crippen LogP contribution in [0.25, 0.3) is 10.9 Å². The molecule has 2 aromatic carbocycles. The van der Waals surface area contributed by atoms with Gasteiger partial charge in [0.25, 0.3) is 0 Å². The van der Waals surface area contributed by atoms with E-state index in [4.69, 9.17) is 9.47 Å². The first kappa shape index (κ1) is 17.8. The first-order valence-corrected chi connectivity index (χ1v) is 10.6. The number of carbonyl (C=O) groups is 2. The van der Waals surface area contributed by atoms with Crippen molar-refractivity contribution in [3.8, 4) is 11.5 Å². The number of hydrogen-bond acceptors (Lipinski definition) is 4. The number of likely N-dealkylation sites (N-methyl/N-ethyl adjacent to an activating group) is 1. The van der Waals surface area contributed by atoms with E-state index in [0.717, 1.165) is 32.2 Å². The van der Waals surface area contributed by atoms with E-state index in [9.17, 15) is 9.59 Å². The highest BCUT2D eigenvalue weighted by molar-refractivity contribution is 9.10. The molecule has 2 atom stereocenters. The van der Waals surface area contributed by atoms with Gasteiger partial charge in [-0.05, 0) is 35.4 Å². The molecule has 1 saturated heterocycles. The smallest absolute Gasteiger partial charge is 0.245 e. The zero-order chi connectivity index (χ0) is 20.6. The number of ether oxygens (including phenoxy) is 2. The number of piperazine rings is 1. The Hall–Kier alpha value is -3.00. The zero-order valence-electron chi connectivity index (χ0n) is 16.1. The third-order valence-corrected chi connectivity index (χ3v) is 6.71. The lowest BCUT2D eigenvalue weighted by molar-refractivity contribution is -0.157. The Morgan fingerprint density at radius 1 is 1.10 bits per heavy atom. The minimum absolute atomic E-state index is 0.0301. The zero-order valence-corrected chi connectivity index (χ0v) is 17.7. The molecule has 3 aromatic rings. The Balaban J connectivity index is 1.59. The number of hydrogen-bond donors (Lipinski definition) is 1. The van der Waals surface area contributed by atoms with Crippen LogP contribution in [0, 0.1) is 0 Å². The molecule has 0 unspecified atom stereocenters. The maximum atomic E-state index is 13.1. The van der Waals surface area contributed by atoms with Gasteiger partial charge in [0.2, 0.25) is 18.6 Å². The van der Waals surface area contributed by atoms with Crippen molar-refractivity contribution in [2.75, 3.05) is 20.4 Å². The SMILES string of the molecule is CN1CC(=O)N2[C@H](c3ccc4c(c3)OCO4)c3[nH]c4cc(Br)ccc4c3C[C@@H]2C1=O. The summed E-state index contributed by atoms with van der Waals surface area (Å²) in [6.07, 6.45) is 0.493. The van der Waals surface area contributed by atoms with Gasteiger partial charge >= 0.3 is 0 Å². The predicted octanol–water partition coefficient (Wildman–Crippen LogP) is 2.97. The van der Waals surface area contributed by atoms with Gasteiger partial charge < -0.3 is 24.3 Å². The Morgan fingerprint density at radius 2 is 1.93 bits per heavy atom. The van der Waals surface area contributed by atoms with Crippen LogP contribution in [0.2, 0.25) is 0 Å². The van der Waals surface area contributed by atoms with Gasteiger partial charge in [-0.2, -0.15) is 0 Å². The number of nitrogens with one attached hydrogen (secondary N) is 1. The standard InChI is InChI=1S/C22H18BrN3O4/c1-25-9-19(27)26-16(22(25)28)8-14-13-4-3-12(23)7-15(13)24-20(14)21(26)11-2-5-17-18(6-11)30-10-29-17/h2-7,16,21,24H,8-10H2,1H3/t16-,21-/m1/s1. The first-order valence-electron chi connectivity index (χ1n) is 9.77. The molecule has 3 aliphatic heterocycles. The summed E-state index contributed by atoms with van der Waals surface area (Å²) in [5.74, 6) is 1.25. The number of aromatic nitrogens is 1. The fourth-order valence-electron chi connectivity index (χ4n) is 4.86. The van der Waals surface area contributed by atoms with E-state index >= 15 is 0 Å². The third-order valence-electron chi connectivity index (χ3n) is 6.22. The Kier molecular flexibility index (Phi) is 3.71. The summed E-state index contributed by atoms with van der Waals surface area (Å²) in [4.78, 5) is 33.0. The average Bonchev–Trinajstić information content (AvgIpc) is 3.33. The summed E-state index contributed by atoms with van der Waals surface area (Å²) in [6.45, 7) is 0.265. The number of amides is 2. The summed E-state index contributed by atoms with van der Waals surface area (Å²) >= 11 is 3.53. The Bertz CT molecular complexity index is 1240. The fraction of sp³-hybridized carbons (Fsp3) is 0.273. The largest absolute Gasteiger partial charge is 0.454 e. The number of nitrogens with zero attached hydrogens (tertiary/aromatic N) is 2. The minimum Gasteiger partial charge on any atom is -0.454 e. The van der Waals surface area contributed by atoms with Gasteiger partial charge in [-0.1, -0.05) is 28.1 Å². The van der Waals surface area contributed by atoms with Crippen LogP contribution >= 0.6 is 15.9 Å². The van der Waals surface area contributed by atoms with Crippen LogP contribution in [-0.4, -0.2) is 53.0 Å². The molecule has 3 aliphatic rings. The van der Waals surface area contributed by atoms with Gasteiger partial charge in [0.1, 0.15) is 6.04 Å². The molecule has 152 valence electrons. The van der Waals surface area contributed by atoms with Gasteiger partial charge in [-0.3, -0.25) is 9.59 Å². The molecular weight excluding hydrogens is 450 g/mol. The minimum atomic E-state index is -0.526. The van der Waals surface area contributed by atoms with Crippen LogP contribution in [0.1, 0.15) is 22.9 Å². The summed E-state index contributed by atoms with van der Waals surface area (Å²) in [5, 5.41) is 1.08. The van der Waals surface area contributed by atoms with Gasteiger partial charge in [-0.15, -0.1) is 0 Å². The number of benzene rings is 2. The number of H-pyrrole nitrogens is 1. The number of rotatable bonds is 1. The van der Waals surface area contributed by atoms with Crippen LogP contribution in [0.15, 0.2) is 40.9 Å². The highest BCUT2D eigenvalue weighted by atomic mass is 79.9. The lowest BCUT2D eigenvalue weighted by atomic mass is 9.86. The van der Waals surface area contributed by atoms with E-state index in [-0.39, 0.29) is 25.2 Å². The molecule has 0 bridgehead atoms. The van der Waals surface area contributed by atoms with Crippen molar-refractivity contribution in [1.82, 2.24) is 14.8 Å². The lowest BCUT2D eigenvalue weighted by Gasteiger charge is -2.46. The second-order valence-electron chi connectivity index (χ2n) is 7.94. The van der Waals surface area contributed by atoms with Gasteiger partial charge in [-0.25, -0.2) is 0 Å². The van der Waals surface area contributed by atoms with Crippen molar-refractivity contribution in [1.29, 1.82) is 0 Å². The molecule has 0 aliphatic carbocycles. The molecule has 0 radical (unpaired) electrons. The molecule has 4 heterocycles. The highest BCUT2D eigenvalue weighted by Crippen LogP contribution is 2.45. The van der Waals surface area contributed by atoms with Gasteiger partial charge in [0.15, 0.2) is 11.5 Å². The molecule has 6 rings (SSSR count). The highest BCUT2D eigenvalue weighted by Gasteiger charge is 2.47. The second-order valence-corrected chi connectivity index (χ2v) is 8.85. The van der Waals surface area contributed by atoms with Crippen molar-refractivity contribution in [3.63, 3.8) is 0 Å². The van der Waals surface area contributed by atoms with E-state index in [1.165, 1.54) is 4.90 Å². The molecule has 30 heavy (non-hydrogen) atoms. The third kappa shape index (κ3) is 2.43. The number of fused-ring (bicyclic) bond motifs is 5. The molecule has 0 saturated carbocycles. The fourth-order valence-corrected chi connectivity index (χ4v) is 5.23. The van der Waals surface area contributed by atoms with E-state index in [2.05, 4.69) is 27.0 Å². The Morgan fingerprint density at radius 3 is 2.80 bits per heavy atom. The van der Waals surface area contributed by atoms with Crippen molar-refractivity contribution >= 4 is 38.6 Å². The molecule has 0 spiro atoms. The molecule has 8 heteroatoms. The average molecular weight is 468 g/mol. The van der Waals surface area contributed by atoms with Crippen molar-refractivity contribution < 1.29 is 19.1 Å². The molecular formula is C22H18BrN3O4. The second kappa shape index (κ2) is 6.25. The normalized spacial score (nSPS) is 22.5. The van der Waals surface area contributed by atoms with Crippen molar-refractivity contribution in [3.05, 3.63) is 57.7 Å². The monoisotopic (exact) mass is 467 g/mol. The molecule has 1 N–H and O–H groups in total. The first-order chi connectivity index (χ1) is 14.5. The summed E-state index contributed by atoms with van der Waals surface area (Å²) in [7, 11) is 1.69. The topological polar surface area (TPSA) is 74.9 Å². The molecule has 7 nitrogen and oxygen atoms in total. The molecule has 2 amide bonds. The van der Waals surface area contributed by atoms with E-state index < -0.39 is 12.1 Å². The van der Waals surface area contributed by atoms with Crippen LogP contribution in [0.4, 0.5) is 0 Å². The maximum Gasteiger partial charge on any atom is 0.245 e. The quantitative estimate of drug-likeness (QED) is 0.596. The van der Waals surface area contributed by atoms with Gasteiger partial charge in [0.05, 0.1) is 12.6 Å². The number of carbonyl (C=O) groups excluding carboxylic acids is 2. The summed E-state index contributed by atoms with van der Waals surface area (Å²) < 4.78 is 12.0. The van der Waals surface area contributed by atoms with Crippen LogP contribution < -0.4 is 9.47 Å². The molecule has 1 fully saturated rings. The van der Waals surface area contributed by atoms with Crippen molar-refractivity contribution in [2.24, 2.45) is 0 Å². The van der Waals surface area contributed by atoms with E-state index in [1.54, 1.807) is 11.9 Å². The number of halogens is 1. The van der Waals surface area contributed by atoms with Crippen LogP contribution in [0.3, 0.4) is 0 Å². The summed E-state index contributed by atoms with van der Waals surface area (Å²) in [5.41, 5.74) is 3.90. The van der Waals surface area contributed by atoms with E-state index in [1.807, 2.05) is 30.3 Å². The van der Waals surface area contributed by atoms with Crippen LogP contribution in [-0.2, 0) is 16.0 Å². The van der Waals surface area contributed by atoms with Crippen molar-refractivity contribution in [2.45, 2.75) is 18.5 Å². The van der Waals surface area contributed by atoms with Gasteiger partial charge in [0, 0.05) is 34.5 Å². The maximum absolute atomic E-state index is 13.1. The Labute approximate surface area is 180 Å². The predicted molar refractivity (Wildman–Crippen MR) is 112 cm³/mol. The molecule has 1 aromatic heterocycles. The van der Waals surface area contributed by atoms with Crippen LogP contribution in [0.5, 0.6) is 11.5 Å². The summed E-state index contributed by atoms with van der Waals surface area (Å²) in [6, 6.07) is 10.9.